The van der Waals surface area contributed by atoms with Gasteiger partial charge in [-0.2, -0.15) is 0 Å². The Labute approximate surface area is 284 Å². The van der Waals surface area contributed by atoms with Crippen LogP contribution in [0.25, 0.3) is 6.08 Å². The van der Waals surface area contributed by atoms with Gasteiger partial charge in [-0.05, 0) is 49.1 Å². The number of carbonyl (C=O) groups excluding carboxylic acids is 1. The van der Waals surface area contributed by atoms with Gasteiger partial charge in [0.25, 0.3) is 0 Å². The molecular formula is C42H44O6. The first kappa shape index (κ1) is 34.7. The van der Waals surface area contributed by atoms with E-state index in [4.69, 9.17) is 18.9 Å². The molecule has 0 radical (unpaired) electrons. The Hall–Kier alpha value is -4.59. The lowest BCUT2D eigenvalue weighted by Gasteiger charge is -2.39. The fraction of sp³-hybridized carbons (Fsp3) is 0.262. The molecule has 1 fully saturated rings. The lowest BCUT2D eigenvalue weighted by atomic mass is 9.80. The average molecular weight is 645 g/mol. The first-order chi connectivity index (χ1) is 23.2. The van der Waals surface area contributed by atoms with E-state index in [9.17, 15) is 9.90 Å². The molecule has 0 saturated carbocycles. The SMILES string of the molecule is C=CC[C@@H](OC(=O)/C=C/c1ccccc1)[C@@H]1OC(C)(C)O[C@H]1/C=C/[C@@H](O)[C@H](C)OC(c1ccccc1)(c1ccccc1)c1ccccc1. The van der Waals surface area contributed by atoms with Crippen LogP contribution in [0.5, 0.6) is 0 Å². The summed E-state index contributed by atoms with van der Waals surface area (Å²) in [6, 6.07) is 39.7. The Morgan fingerprint density at radius 1 is 0.854 bits per heavy atom. The molecule has 1 saturated heterocycles. The van der Waals surface area contributed by atoms with E-state index in [2.05, 4.69) is 6.58 Å². The number of carbonyl (C=O) groups is 1. The molecule has 5 atom stereocenters. The van der Waals surface area contributed by atoms with Crippen molar-refractivity contribution in [2.45, 2.75) is 69.1 Å². The minimum atomic E-state index is -1.01. The molecule has 0 aliphatic carbocycles. The highest BCUT2D eigenvalue weighted by atomic mass is 16.8. The lowest BCUT2D eigenvalue weighted by molar-refractivity contribution is -0.167. The normalized spacial score (nSPS) is 19.6. The van der Waals surface area contributed by atoms with Crippen LogP contribution in [0.2, 0.25) is 0 Å². The second-order valence-corrected chi connectivity index (χ2v) is 12.3. The zero-order chi connectivity index (χ0) is 34.0. The van der Waals surface area contributed by atoms with Gasteiger partial charge in [0.15, 0.2) is 5.79 Å². The van der Waals surface area contributed by atoms with E-state index in [-0.39, 0.29) is 0 Å². The second kappa shape index (κ2) is 16.0. The first-order valence-electron chi connectivity index (χ1n) is 16.3. The summed E-state index contributed by atoms with van der Waals surface area (Å²) < 4.78 is 25.3. The van der Waals surface area contributed by atoms with Crippen LogP contribution in [0.3, 0.4) is 0 Å². The molecule has 1 N–H and O–H groups in total. The summed E-state index contributed by atoms with van der Waals surface area (Å²) in [4.78, 5) is 12.9. The van der Waals surface area contributed by atoms with Gasteiger partial charge in [-0.3, -0.25) is 0 Å². The van der Waals surface area contributed by atoms with Gasteiger partial charge in [-0.1, -0.05) is 140 Å². The van der Waals surface area contributed by atoms with Crippen LogP contribution in [-0.4, -0.2) is 47.4 Å². The van der Waals surface area contributed by atoms with E-state index >= 15 is 0 Å². The van der Waals surface area contributed by atoms with Gasteiger partial charge in [-0.25, -0.2) is 4.79 Å². The summed E-state index contributed by atoms with van der Waals surface area (Å²) in [5.74, 6) is -1.44. The largest absolute Gasteiger partial charge is 0.456 e. The highest BCUT2D eigenvalue weighted by Crippen LogP contribution is 2.42. The maximum absolute atomic E-state index is 12.9. The van der Waals surface area contributed by atoms with Crippen molar-refractivity contribution in [3.05, 3.63) is 174 Å². The summed E-state index contributed by atoms with van der Waals surface area (Å²) in [7, 11) is 0. The third-order valence-electron chi connectivity index (χ3n) is 8.29. The van der Waals surface area contributed by atoms with Crippen molar-refractivity contribution < 1.29 is 28.8 Å². The number of aliphatic hydroxyl groups excluding tert-OH is 1. The number of hydrogen-bond donors (Lipinski definition) is 1. The molecule has 1 aliphatic rings. The van der Waals surface area contributed by atoms with Crippen LogP contribution in [-0.2, 0) is 29.3 Å². The predicted molar refractivity (Wildman–Crippen MR) is 189 cm³/mol. The third kappa shape index (κ3) is 8.46. The minimum Gasteiger partial charge on any atom is -0.456 e. The summed E-state index contributed by atoms with van der Waals surface area (Å²) in [5.41, 5.74) is 2.71. The van der Waals surface area contributed by atoms with Gasteiger partial charge >= 0.3 is 5.97 Å². The lowest BCUT2D eigenvalue weighted by Crippen LogP contribution is -2.40. The van der Waals surface area contributed by atoms with E-state index in [0.29, 0.717) is 6.42 Å². The Morgan fingerprint density at radius 2 is 1.35 bits per heavy atom. The summed E-state index contributed by atoms with van der Waals surface area (Å²) in [6.45, 7) is 9.34. The number of benzene rings is 4. The first-order valence-corrected chi connectivity index (χ1v) is 16.3. The van der Waals surface area contributed by atoms with Crippen LogP contribution in [0, 0.1) is 0 Å². The highest BCUT2D eigenvalue weighted by molar-refractivity contribution is 5.87. The van der Waals surface area contributed by atoms with Crippen LogP contribution >= 0.6 is 0 Å². The van der Waals surface area contributed by atoms with Crippen molar-refractivity contribution in [2.24, 2.45) is 0 Å². The predicted octanol–water partition coefficient (Wildman–Crippen LogP) is 8.02. The van der Waals surface area contributed by atoms with E-state index < -0.39 is 47.9 Å². The van der Waals surface area contributed by atoms with Crippen molar-refractivity contribution in [1.29, 1.82) is 0 Å². The molecule has 1 heterocycles. The molecule has 4 aromatic carbocycles. The van der Waals surface area contributed by atoms with Gasteiger partial charge in [0.1, 0.15) is 23.9 Å². The fourth-order valence-electron chi connectivity index (χ4n) is 6.04. The van der Waals surface area contributed by atoms with Crippen molar-refractivity contribution in [3.8, 4) is 0 Å². The number of rotatable bonds is 14. The second-order valence-electron chi connectivity index (χ2n) is 12.3. The molecule has 48 heavy (non-hydrogen) atoms. The molecule has 6 nitrogen and oxygen atoms in total. The molecule has 248 valence electrons. The van der Waals surface area contributed by atoms with Crippen molar-refractivity contribution in [3.63, 3.8) is 0 Å². The van der Waals surface area contributed by atoms with Crippen LogP contribution in [0.4, 0.5) is 0 Å². The van der Waals surface area contributed by atoms with Gasteiger partial charge < -0.3 is 24.1 Å². The highest BCUT2D eigenvalue weighted by Gasteiger charge is 2.45. The average Bonchev–Trinajstić information content (AvgIpc) is 3.43. The zero-order valence-electron chi connectivity index (χ0n) is 27.7. The molecule has 1 aliphatic heterocycles. The molecule has 0 amide bonds. The van der Waals surface area contributed by atoms with Crippen LogP contribution in [0.1, 0.15) is 49.4 Å². The maximum atomic E-state index is 12.9. The minimum absolute atomic E-state index is 0.356. The fourth-order valence-corrected chi connectivity index (χ4v) is 6.04. The van der Waals surface area contributed by atoms with Gasteiger partial charge in [0.05, 0.1) is 12.2 Å². The molecular weight excluding hydrogens is 600 g/mol. The van der Waals surface area contributed by atoms with Crippen LogP contribution in [0.15, 0.2) is 152 Å². The van der Waals surface area contributed by atoms with E-state index in [1.54, 1.807) is 24.3 Å². The van der Waals surface area contributed by atoms with Gasteiger partial charge in [0, 0.05) is 12.5 Å². The molecule has 0 unspecified atom stereocenters. The smallest absolute Gasteiger partial charge is 0.331 e. The Balaban J connectivity index is 1.38. The Kier molecular flexibility index (Phi) is 11.6. The molecule has 4 aromatic rings. The van der Waals surface area contributed by atoms with E-state index in [1.165, 1.54) is 6.08 Å². The quantitative estimate of drug-likeness (QED) is 0.0649. The molecule has 6 heteroatoms. The number of hydrogen-bond acceptors (Lipinski definition) is 6. The zero-order valence-corrected chi connectivity index (χ0v) is 27.7. The number of aliphatic hydroxyl groups is 1. The summed E-state index contributed by atoms with van der Waals surface area (Å²) in [6.07, 6.45) is 5.01. The number of ether oxygens (including phenoxy) is 4. The summed E-state index contributed by atoms with van der Waals surface area (Å²) in [5, 5.41) is 11.5. The van der Waals surface area contributed by atoms with Crippen molar-refractivity contribution in [2.75, 3.05) is 0 Å². The number of esters is 1. The third-order valence-corrected chi connectivity index (χ3v) is 8.29. The molecule has 0 spiro atoms. The molecule has 5 rings (SSSR count). The van der Waals surface area contributed by atoms with Crippen LogP contribution < -0.4 is 0 Å². The Bertz CT molecular complexity index is 1550. The molecule has 0 bridgehead atoms. The van der Waals surface area contributed by atoms with Crippen molar-refractivity contribution >= 4 is 12.0 Å². The monoisotopic (exact) mass is 644 g/mol. The van der Waals surface area contributed by atoms with Crippen molar-refractivity contribution in [1.82, 2.24) is 0 Å². The van der Waals surface area contributed by atoms with E-state index in [0.717, 1.165) is 22.3 Å². The van der Waals surface area contributed by atoms with Gasteiger partial charge in [0.2, 0.25) is 0 Å². The van der Waals surface area contributed by atoms with E-state index in [1.807, 2.05) is 142 Å². The Morgan fingerprint density at radius 3 is 1.85 bits per heavy atom. The van der Waals surface area contributed by atoms with Gasteiger partial charge in [-0.15, -0.1) is 6.58 Å². The molecule has 0 aromatic heterocycles. The maximum Gasteiger partial charge on any atom is 0.331 e. The topological polar surface area (TPSA) is 74.2 Å². The standard InChI is InChI=1S/C42H44O6/c1-5-18-37(45-39(44)30-27-32-19-10-6-11-20-32)40-38(47-41(3,4)48-40)29-28-36(43)31(2)46-42(33-21-12-7-13-22-33,34-23-14-8-15-24-34)35-25-16-9-17-26-35/h5-17,19-31,36-38,40,43H,1,18H2,2-4H3/b29-28+,30-27+/t31-,36+,37+,38-,40-/m0/s1. The summed E-state index contributed by atoms with van der Waals surface area (Å²) >= 11 is 0.